The van der Waals surface area contributed by atoms with Crippen LogP contribution in [-0.2, 0) is 9.47 Å². The molecule has 2 atom stereocenters. The molecule has 0 fully saturated rings. The molecule has 0 aromatic rings. The van der Waals surface area contributed by atoms with Crippen molar-refractivity contribution < 1.29 is 9.47 Å². The van der Waals surface area contributed by atoms with Crippen LogP contribution in [0.2, 0.25) is 0 Å². The quantitative estimate of drug-likeness (QED) is 0.599. The smallest absolute Gasteiger partial charge is 0.0700 e. The highest BCUT2D eigenvalue weighted by Gasteiger charge is 2.18. The lowest BCUT2D eigenvalue weighted by atomic mass is 9.87. The normalized spacial score (nSPS) is 15.6. The van der Waals surface area contributed by atoms with Gasteiger partial charge in [-0.25, -0.2) is 0 Å². The molecule has 92 valence electrons. The second-order valence-corrected chi connectivity index (χ2v) is 4.38. The molecule has 3 nitrogen and oxygen atoms in total. The SMILES string of the molecule is CNC(C)C(CCOCCOC)C(C)C. The molecule has 0 saturated carbocycles. The molecule has 0 amide bonds. The lowest BCUT2D eigenvalue weighted by molar-refractivity contribution is 0.0578. The summed E-state index contributed by atoms with van der Waals surface area (Å²) in [6, 6.07) is 0.552. The highest BCUT2D eigenvalue weighted by atomic mass is 16.5. The van der Waals surface area contributed by atoms with Crippen molar-refractivity contribution in [2.75, 3.05) is 34.0 Å². The van der Waals surface area contributed by atoms with Crippen LogP contribution < -0.4 is 5.32 Å². The fourth-order valence-corrected chi connectivity index (χ4v) is 1.84. The molecule has 0 radical (unpaired) electrons. The van der Waals surface area contributed by atoms with Crippen LogP contribution >= 0.6 is 0 Å². The van der Waals surface area contributed by atoms with E-state index >= 15 is 0 Å². The fraction of sp³-hybridized carbons (Fsp3) is 1.00. The van der Waals surface area contributed by atoms with Gasteiger partial charge in [-0.1, -0.05) is 13.8 Å². The molecule has 0 heterocycles. The average Bonchev–Trinajstić information content (AvgIpc) is 2.22. The Hall–Kier alpha value is -0.120. The topological polar surface area (TPSA) is 30.5 Å². The summed E-state index contributed by atoms with van der Waals surface area (Å²) in [7, 11) is 3.72. The summed E-state index contributed by atoms with van der Waals surface area (Å²) >= 11 is 0. The van der Waals surface area contributed by atoms with Crippen LogP contribution in [-0.4, -0.2) is 40.0 Å². The van der Waals surface area contributed by atoms with Crippen molar-refractivity contribution in [3.8, 4) is 0 Å². The predicted octanol–water partition coefficient (Wildman–Crippen LogP) is 1.92. The van der Waals surface area contributed by atoms with Crippen molar-refractivity contribution in [2.24, 2.45) is 11.8 Å². The lowest BCUT2D eigenvalue weighted by Crippen LogP contribution is -2.34. The Balaban J connectivity index is 3.67. The van der Waals surface area contributed by atoms with E-state index in [0.29, 0.717) is 31.1 Å². The van der Waals surface area contributed by atoms with Gasteiger partial charge in [0.05, 0.1) is 13.2 Å². The Morgan fingerprint density at radius 2 is 1.73 bits per heavy atom. The van der Waals surface area contributed by atoms with E-state index in [-0.39, 0.29) is 0 Å². The van der Waals surface area contributed by atoms with Gasteiger partial charge in [0.1, 0.15) is 0 Å². The molecule has 0 aliphatic heterocycles. The predicted molar refractivity (Wildman–Crippen MR) is 64.2 cm³/mol. The molecular weight excluding hydrogens is 190 g/mol. The second kappa shape index (κ2) is 9.13. The van der Waals surface area contributed by atoms with E-state index in [0.717, 1.165) is 13.0 Å². The number of rotatable bonds is 9. The van der Waals surface area contributed by atoms with Crippen molar-refractivity contribution in [3.63, 3.8) is 0 Å². The van der Waals surface area contributed by atoms with Crippen LogP contribution in [0.25, 0.3) is 0 Å². The number of methoxy groups -OCH3 is 1. The molecule has 0 rings (SSSR count). The Labute approximate surface area is 94.5 Å². The van der Waals surface area contributed by atoms with Crippen molar-refractivity contribution in [2.45, 2.75) is 33.2 Å². The Morgan fingerprint density at radius 3 is 2.20 bits per heavy atom. The van der Waals surface area contributed by atoms with Gasteiger partial charge in [-0.05, 0) is 32.2 Å². The summed E-state index contributed by atoms with van der Waals surface area (Å²) in [5.41, 5.74) is 0. The third kappa shape index (κ3) is 6.88. The molecule has 0 spiro atoms. The van der Waals surface area contributed by atoms with Crippen molar-refractivity contribution in [1.29, 1.82) is 0 Å². The van der Waals surface area contributed by atoms with E-state index in [1.54, 1.807) is 7.11 Å². The van der Waals surface area contributed by atoms with E-state index in [2.05, 4.69) is 26.1 Å². The maximum absolute atomic E-state index is 5.50. The number of ether oxygens (including phenoxy) is 2. The first-order valence-electron chi connectivity index (χ1n) is 5.87. The Bertz CT molecular complexity index is 140. The van der Waals surface area contributed by atoms with Crippen molar-refractivity contribution in [1.82, 2.24) is 5.32 Å². The standard InChI is InChI=1S/C12H27NO2/c1-10(2)12(11(3)13-4)6-7-15-9-8-14-5/h10-13H,6-9H2,1-5H3. The Morgan fingerprint density at radius 1 is 1.07 bits per heavy atom. The average molecular weight is 217 g/mol. The molecule has 1 N–H and O–H groups in total. The highest BCUT2D eigenvalue weighted by Crippen LogP contribution is 2.19. The fourth-order valence-electron chi connectivity index (χ4n) is 1.84. The van der Waals surface area contributed by atoms with E-state index in [9.17, 15) is 0 Å². The number of hydrogen-bond donors (Lipinski definition) is 1. The van der Waals surface area contributed by atoms with Crippen LogP contribution in [0.4, 0.5) is 0 Å². The van der Waals surface area contributed by atoms with E-state index in [1.165, 1.54) is 0 Å². The molecular formula is C12H27NO2. The summed E-state index contributed by atoms with van der Waals surface area (Å²) < 4.78 is 10.4. The van der Waals surface area contributed by atoms with Crippen LogP contribution in [0, 0.1) is 11.8 Å². The van der Waals surface area contributed by atoms with Gasteiger partial charge in [0, 0.05) is 19.8 Å². The number of nitrogens with one attached hydrogen (secondary N) is 1. The summed E-state index contributed by atoms with van der Waals surface area (Å²) in [4.78, 5) is 0. The molecule has 0 bridgehead atoms. The van der Waals surface area contributed by atoms with Gasteiger partial charge in [0.15, 0.2) is 0 Å². The summed E-state index contributed by atoms with van der Waals surface area (Å²) in [5.74, 6) is 1.37. The van der Waals surface area contributed by atoms with E-state index < -0.39 is 0 Å². The summed E-state index contributed by atoms with van der Waals surface area (Å²) in [5, 5.41) is 3.32. The maximum atomic E-state index is 5.50. The van der Waals surface area contributed by atoms with Gasteiger partial charge in [-0.3, -0.25) is 0 Å². The largest absolute Gasteiger partial charge is 0.382 e. The highest BCUT2D eigenvalue weighted by molar-refractivity contribution is 4.73. The van der Waals surface area contributed by atoms with Gasteiger partial charge in [-0.15, -0.1) is 0 Å². The zero-order valence-electron chi connectivity index (χ0n) is 10.9. The van der Waals surface area contributed by atoms with Crippen LogP contribution in [0.3, 0.4) is 0 Å². The summed E-state index contributed by atoms with van der Waals surface area (Å²) in [6.45, 7) is 9.00. The first kappa shape index (κ1) is 14.9. The van der Waals surface area contributed by atoms with Crippen LogP contribution in [0.1, 0.15) is 27.2 Å². The molecule has 0 aromatic heterocycles. The molecule has 0 aromatic carbocycles. The zero-order chi connectivity index (χ0) is 11.7. The van der Waals surface area contributed by atoms with Crippen LogP contribution in [0.15, 0.2) is 0 Å². The molecule has 0 aliphatic carbocycles. The minimum Gasteiger partial charge on any atom is -0.382 e. The molecule has 15 heavy (non-hydrogen) atoms. The van der Waals surface area contributed by atoms with Crippen molar-refractivity contribution >= 4 is 0 Å². The first-order chi connectivity index (χ1) is 7.13. The zero-order valence-corrected chi connectivity index (χ0v) is 10.9. The number of hydrogen-bond acceptors (Lipinski definition) is 3. The third-order valence-electron chi connectivity index (χ3n) is 2.98. The van der Waals surface area contributed by atoms with E-state index in [1.807, 2.05) is 7.05 Å². The summed E-state index contributed by atoms with van der Waals surface area (Å²) in [6.07, 6.45) is 1.11. The molecule has 2 unspecified atom stereocenters. The third-order valence-corrected chi connectivity index (χ3v) is 2.98. The van der Waals surface area contributed by atoms with Gasteiger partial charge in [0.2, 0.25) is 0 Å². The van der Waals surface area contributed by atoms with Crippen LogP contribution in [0.5, 0.6) is 0 Å². The monoisotopic (exact) mass is 217 g/mol. The Kier molecular flexibility index (Phi) is 9.06. The van der Waals surface area contributed by atoms with Gasteiger partial charge >= 0.3 is 0 Å². The van der Waals surface area contributed by atoms with Gasteiger partial charge in [0.25, 0.3) is 0 Å². The minimum atomic E-state index is 0.552. The maximum Gasteiger partial charge on any atom is 0.0700 e. The van der Waals surface area contributed by atoms with Gasteiger partial charge < -0.3 is 14.8 Å². The first-order valence-corrected chi connectivity index (χ1v) is 5.87. The molecule has 3 heteroatoms. The second-order valence-electron chi connectivity index (χ2n) is 4.38. The molecule has 0 aliphatic rings. The van der Waals surface area contributed by atoms with Gasteiger partial charge in [-0.2, -0.15) is 0 Å². The van der Waals surface area contributed by atoms with Crippen molar-refractivity contribution in [3.05, 3.63) is 0 Å². The minimum absolute atomic E-state index is 0.552. The lowest BCUT2D eigenvalue weighted by Gasteiger charge is -2.27. The molecule has 0 saturated heterocycles. The van der Waals surface area contributed by atoms with E-state index in [4.69, 9.17) is 9.47 Å².